The van der Waals surface area contributed by atoms with Crippen molar-refractivity contribution >= 4 is 11.6 Å². The van der Waals surface area contributed by atoms with Crippen molar-refractivity contribution < 1.29 is 4.79 Å². The van der Waals surface area contributed by atoms with Crippen LogP contribution in [0.2, 0.25) is 0 Å². The van der Waals surface area contributed by atoms with E-state index in [1.165, 1.54) is 5.56 Å². The lowest BCUT2D eigenvalue weighted by atomic mass is 9.87. The topological polar surface area (TPSA) is 74.8 Å². The first kappa shape index (κ1) is 21.0. The lowest BCUT2D eigenvalue weighted by Crippen LogP contribution is -2.23. The molecule has 0 saturated heterocycles. The molecule has 1 amide bonds. The van der Waals surface area contributed by atoms with Gasteiger partial charge in [0.05, 0.1) is 5.69 Å². The summed E-state index contributed by atoms with van der Waals surface area (Å²) in [4.78, 5) is 24.9. The highest BCUT2D eigenvalue weighted by Crippen LogP contribution is 2.24. The molecule has 3 aromatic rings. The molecular weight excluding hydrogens is 386 g/mol. The van der Waals surface area contributed by atoms with E-state index in [4.69, 9.17) is 0 Å². The fourth-order valence-corrected chi connectivity index (χ4v) is 4.15. The third-order valence-electron chi connectivity index (χ3n) is 5.95. The van der Waals surface area contributed by atoms with Crippen LogP contribution in [0, 0.1) is 0 Å². The molecule has 1 aliphatic rings. The summed E-state index contributed by atoms with van der Waals surface area (Å²) in [6.45, 7) is 6.50. The molecule has 0 atom stereocenters. The van der Waals surface area contributed by atoms with Gasteiger partial charge in [-0.15, -0.1) is 0 Å². The maximum atomic E-state index is 12.8. The molecule has 0 unspecified atom stereocenters. The van der Waals surface area contributed by atoms with E-state index in [0.717, 1.165) is 53.8 Å². The predicted octanol–water partition coefficient (Wildman–Crippen LogP) is 4.79. The molecule has 0 fully saturated rings. The Morgan fingerprint density at radius 2 is 1.74 bits per heavy atom. The average molecular weight is 416 g/mol. The van der Waals surface area contributed by atoms with Gasteiger partial charge in [0, 0.05) is 23.2 Å². The predicted molar refractivity (Wildman–Crippen MR) is 124 cm³/mol. The minimum atomic E-state index is -0.137. The molecule has 0 bridgehead atoms. The van der Waals surface area contributed by atoms with Gasteiger partial charge in [-0.25, -0.2) is 5.10 Å². The largest absolute Gasteiger partial charge is 0.322 e. The fourth-order valence-electron chi connectivity index (χ4n) is 4.15. The molecule has 1 aliphatic carbocycles. The molecule has 5 heteroatoms. The molecule has 0 aliphatic heterocycles. The lowest BCUT2D eigenvalue weighted by Gasteiger charge is -2.19. The van der Waals surface area contributed by atoms with Gasteiger partial charge in [0.2, 0.25) is 0 Å². The number of benzene rings is 2. The van der Waals surface area contributed by atoms with Crippen LogP contribution < -0.4 is 10.9 Å². The van der Waals surface area contributed by atoms with Crippen molar-refractivity contribution in [2.75, 3.05) is 5.32 Å². The summed E-state index contributed by atoms with van der Waals surface area (Å²) >= 11 is 0. The van der Waals surface area contributed by atoms with Gasteiger partial charge >= 0.3 is 0 Å². The number of carbonyl (C=O) groups excluding carboxylic acids is 1. The molecule has 4 rings (SSSR count). The summed E-state index contributed by atoms with van der Waals surface area (Å²) in [5.41, 5.74) is 6.50. The Morgan fingerprint density at radius 1 is 1.03 bits per heavy atom. The van der Waals surface area contributed by atoms with E-state index >= 15 is 0 Å². The molecule has 160 valence electrons. The number of fused-ring (bicyclic) bond motifs is 1. The van der Waals surface area contributed by atoms with Gasteiger partial charge in [0.1, 0.15) is 0 Å². The van der Waals surface area contributed by atoms with E-state index < -0.39 is 0 Å². The molecule has 31 heavy (non-hydrogen) atoms. The lowest BCUT2D eigenvalue weighted by molar-refractivity contribution is 0.102. The monoisotopic (exact) mass is 415 g/mol. The highest BCUT2D eigenvalue weighted by molar-refractivity contribution is 6.04. The van der Waals surface area contributed by atoms with Crippen molar-refractivity contribution in [2.45, 2.75) is 58.3 Å². The van der Waals surface area contributed by atoms with Gasteiger partial charge in [0.15, 0.2) is 0 Å². The first-order chi connectivity index (χ1) is 14.8. The first-order valence-electron chi connectivity index (χ1n) is 10.9. The second-order valence-corrected chi connectivity index (χ2v) is 9.32. The highest BCUT2D eigenvalue weighted by Gasteiger charge is 2.18. The van der Waals surface area contributed by atoms with Crippen LogP contribution in [-0.2, 0) is 24.7 Å². The highest BCUT2D eigenvalue weighted by atomic mass is 16.1. The maximum absolute atomic E-state index is 12.8. The molecule has 5 nitrogen and oxygen atoms in total. The minimum Gasteiger partial charge on any atom is -0.322 e. The Kier molecular flexibility index (Phi) is 5.77. The van der Waals surface area contributed by atoms with Crippen LogP contribution in [0.15, 0.2) is 53.3 Å². The molecule has 1 heterocycles. The maximum Gasteiger partial charge on any atom is 0.267 e. The van der Waals surface area contributed by atoms with Crippen molar-refractivity contribution in [1.82, 2.24) is 10.2 Å². The van der Waals surface area contributed by atoms with Gasteiger partial charge in [-0.05, 0) is 72.1 Å². The van der Waals surface area contributed by atoms with E-state index in [0.29, 0.717) is 12.0 Å². The number of nitrogens with one attached hydrogen (secondary N) is 2. The van der Waals surface area contributed by atoms with E-state index in [1.807, 2.05) is 36.4 Å². The zero-order valence-corrected chi connectivity index (χ0v) is 18.4. The number of amides is 1. The summed E-state index contributed by atoms with van der Waals surface area (Å²) in [5.74, 6) is -0.137. The number of H-pyrrole nitrogens is 1. The average Bonchev–Trinajstić information content (AvgIpc) is 2.76. The van der Waals surface area contributed by atoms with Gasteiger partial charge in [0.25, 0.3) is 11.5 Å². The number of carbonyl (C=O) groups is 1. The van der Waals surface area contributed by atoms with Crippen molar-refractivity contribution in [1.29, 1.82) is 0 Å². The molecule has 2 aromatic carbocycles. The number of anilines is 1. The van der Waals surface area contributed by atoms with E-state index in [1.54, 1.807) is 0 Å². The summed E-state index contributed by atoms with van der Waals surface area (Å²) < 4.78 is 0. The summed E-state index contributed by atoms with van der Waals surface area (Å²) in [5, 5.41) is 9.95. The molecule has 0 spiro atoms. The smallest absolute Gasteiger partial charge is 0.267 e. The first-order valence-corrected chi connectivity index (χ1v) is 10.9. The van der Waals surface area contributed by atoms with Gasteiger partial charge < -0.3 is 5.32 Å². The zero-order valence-electron chi connectivity index (χ0n) is 18.4. The Hall–Kier alpha value is -3.21. The third-order valence-corrected chi connectivity index (χ3v) is 5.95. The van der Waals surface area contributed by atoms with Crippen LogP contribution in [0.5, 0.6) is 0 Å². The van der Waals surface area contributed by atoms with Gasteiger partial charge in [-0.2, -0.15) is 5.10 Å². The second kappa shape index (κ2) is 8.50. The van der Waals surface area contributed by atoms with Crippen LogP contribution >= 0.6 is 0 Å². The number of hydrogen-bond acceptors (Lipinski definition) is 3. The fraction of sp³-hybridized carbons (Fsp3) is 0.346. The number of aromatic amines is 1. The third kappa shape index (κ3) is 4.76. The van der Waals surface area contributed by atoms with E-state index in [2.05, 4.69) is 48.4 Å². The minimum absolute atomic E-state index is 0.0657. The Balaban J connectivity index is 1.51. The molecule has 0 radical (unpaired) electrons. The SMILES string of the molecule is CC(C)(C)c1ccc(NC(=O)c2cccc(Cc3n[nH]c(=O)c4c3CCCC4)c2)cc1. The van der Waals surface area contributed by atoms with Crippen LogP contribution in [0.1, 0.15) is 71.9 Å². The number of rotatable bonds is 4. The van der Waals surface area contributed by atoms with E-state index in [9.17, 15) is 9.59 Å². The van der Waals surface area contributed by atoms with Crippen molar-refractivity contribution in [2.24, 2.45) is 0 Å². The van der Waals surface area contributed by atoms with Crippen molar-refractivity contribution in [3.05, 3.63) is 92.4 Å². The normalized spacial score (nSPS) is 13.5. The van der Waals surface area contributed by atoms with Crippen molar-refractivity contribution in [3.8, 4) is 0 Å². The number of aromatic nitrogens is 2. The molecule has 2 N–H and O–H groups in total. The summed E-state index contributed by atoms with van der Waals surface area (Å²) in [6, 6.07) is 15.6. The summed E-state index contributed by atoms with van der Waals surface area (Å²) in [7, 11) is 0. The van der Waals surface area contributed by atoms with Gasteiger partial charge in [-0.3, -0.25) is 9.59 Å². The molecular formula is C26H29N3O2. The molecule has 1 aromatic heterocycles. The second-order valence-electron chi connectivity index (χ2n) is 9.32. The molecule has 0 saturated carbocycles. The Bertz CT molecular complexity index is 1150. The standard InChI is InChI=1S/C26H29N3O2/c1-26(2,3)19-11-13-20(14-12-19)27-24(30)18-8-6-7-17(15-18)16-23-21-9-4-5-10-22(21)25(31)29-28-23/h6-8,11-15H,4-5,9-10,16H2,1-3H3,(H,27,30)(H,29,31). The van der Waals surface area contributed by atoms with Crippen LogP contribution in [0.3, 0.4) is 0 Å². The van der Waals surface area contributed by atoms with Crippen LogP contribution in [0.4, 0.5) is 5.69 Å². The summed E-state index contributed by atoms with van der Waals surface area (Å²) in [6.07, 6.45) is 4.44. The Labute approximate surface area is 182 Å². The number of hydrogen-bond donors (Lipinski definition) is 2. The van der Waals surface area contributed by atoms with Crippen LogP contribution in [0.25, 0.3) is 0 Å². The Morgan fingerprint density at radius 3 is 2.45 bits per heavy atom. The zero-order chi connectivity index (χ0) is 22.0. The van der Waals surface area contributed by atoms with E-state index in [-0.39, 0.29) is 16.9 Å². The quantitative estimate of drug-likeness (QED) is 0.643. The van der Waals surface area contributed by atoms with Crippen LogP contribution in [-0.4, -0.2) is 16.1 Å². The van der Waals surface area contributed by atoms with Crippen molar-refractivity contribution in [3.63, 3.8) is 0 Å². The van der Waals surface area contributed by atoms with Gasteiger partial charge in [-0.1, -0.05) is 45.0 Å². The number of nitrogens with zero attached hydrogens (tertiary/aromatic N) is 1.